The third kappa shape index (κ3) is 5.67. The summed E-state index contributed by atoms with van der Waals surface area (Å²) in [6, 6.07) is 53.4. The van der Waals surface area contributed by atoms with Crippen molar-refractivity contribution in [2.45, 2.75) is 88.9 Å². The summed E-state index contributed by atoms with van der Waals surface area (Å²) >= 11 is 0. The van der Waals surface area contributed by atoms with E-state index in [0.717, 1.165) is 17.8 Å². The number of rotatable bonds is 7. The van der Waals surface area contributed by atoms with E-state index in [1.165, 1.54) is 130 Å². The number of nitrogens with zero attached hydrogens (tertiary/aromatic N) is 1. The maximum Gasteiger partial charge on any atom is 0.0540 e. The second-order valence-electron chi connectivity index (χ2n) is 17.1. The average Bonchev–Trinajstić information content (AvgIpc) is 3.92. The van der Waals surface area contributed by atoms with Crippen molar-refractivity contribution >= 4 is 17.1 Å². The molecular weight excluding hydrogens is 639 g/mol. The molecule has 3 fully saturated rings. The first kappa shape index (κ1) is 32.7. The molecule has 0 N–H and O–H groups in total. The third-order valence-corrected chi connectivity index (χ3v) is 13.8. The predicted molar refractivity (Wildman–Crippen MR) is 224 cm³/mol. The first-order valence-corrected chi connectivity index (χ1v) is 20.5. The van der Waals surface area contributed by atoms with Crippen molar-refractivity contribution in [3.8, 4) is 33.4 Å². The van der Waals surface area contributed by atoms with Crippen molar-refractivity contribution in [1.29, 1.82) is 0 Å². The highest BCUT2D eigenvalue weighted by Crippen LogP contribution is 2.55. The van der Waals surface area contributed by atoms with Crippen LogP contribution >= 0.6 is 0 Å². The van der Waals surface area contributed by atoms with E-state index in [4.69, 9.17) is 0 Å². The van der Waals surface area contributed by atoms with Crippen LogP contribution in [0.3, 0.4) is 0 Å². The molecule has 6 aromatic rings. The van der Waals surface area contributed by atoms with Crippen LogP contribution in [0.15, 0.2) is 140 Å². The van der Waals surface area contributed by atoms with Crippen LogP contribution in [0.2, 0.25) is 0 Å². The lowest BCUT2D eigenvalue weighted by atomic mass is 9.80. The molecule has 3 unspecified atom stereocenters. The van der Waals surface area contributed by atoms with Crippen molar-refractivity contribution < 1.29 is 0 Å². The summed E-state index contributed by atoms with van der Waals surface area (Å²) in [5.74, 6) is 3.18. The van der Waals surface area contributed by atoms with Gasteiger partial charge in [0.2, 0.25) is 0 Å². The van der Waals surface area contributed by atoms with Gasteiger partial charge in [0.15, 0.2) is 0 Å². The summed E-state index contributed by atoms with van der Waals surface area (Å²) in [5.41, 5.74) is 17.4. The molecule has 53 heavy (non-hydrogen) atoms. The molecule has 6 aromatic carbocycles. The van der Waals surface area contributed by atoms with Crippen LogP contribution in [0.1, 0.15) is 106 Å². The fourth-order valence-electron chi connectivity index (χ4n) is 11.0. The van der Waals surface area contributed by atoms with Gasteiger partial charge in [0.25, 0.3) is 0 Å². The summed E-state index contributed by atoms with van der Waals surface area (Å²) in [7, 11) is 0. The van der Waals surface area contributed by atoms with Crippen LogP contribution in [0, 0.1) is 11.8 Å². The van der Waals surface area contributed by atoms with Gasteiger partial charge in [0.1, 0.15) is 0 Å². The van der Waals surface area contributed by atoms with Gasteiger partial charge in [-0.25, -0.2) is 0 Å². The fourth-order valence-corrected chi connectivity index (χ4v) is 11.0. The lowest BCUT2D eigenvalue weighted by molar-refractivity contribution is 0.420. The molecule has 3 saturated carbocycles. The van der Waals surface area contributed by atoms with Gasteiger partial charge in [-0.3, -0.25) is 0 Å². The Morgan fingerprint density at radius 1 is 0.509 bits per heavy atom. The highest BCUT2D eigenvalue weighted by Gasteiger charge is 2.40. The van der Waals surface area contributed by atoms with Gasteiger partial charge >= 0.3 is 0 Å². The minimum atomic E-state index is -0.129. The molecule has 2 bridgehead atoms. The molecule has 4 aliphatic carbocycles. The Morgan fingerprint density at radius 3 is 1.94 bits per heavy atom. The van der Waals surface area contributed by atoms with E-state index in [2.05, 4.69) is 158 Å². The molecule has 1 heteroatoms. The van der Waals surface area contributed by atoms with E-state index in [9.17, 15) is 0 Å². The lowest BCUT2D eigenvalue weighted by Crippen LogP contribution is -2.17. The Morgan fingerprint density at radius 2 is 1.19 bits per heavy atom. The van der Waals surface area contributed by atoms with E-state index >= 15 is 0 Å². The Kier molecular flexibility index (Phi) is 8.16. The molecular formula is C52H51N. The van der Waals surface area contributed by atoms with E-state index in [1.807, 2.05) is 0 Å². The lowest BCUT2D eigenvalue weighted by Gasteiger charge is -2.31. The second-order valence-corrected chi connectivity index (χ2v) is 17.1. The minimum Gasteiger partial charge on any atom is -0.310 e. The molecule has 0 aliphatic heterocycles. The smallest absolute Gasteiger partial charge is 0.0540 e. The molecule has 3 atom stereocenters. The van der Waals surface area contributed by atoms with Crippen LogP contribution in [0.25, 0.3) is 33.4 Å². The SMILES string of the molecule is CC1(C)c2cc(-c3ccccc3)ccc2-c2ccc(N(c3ccc(C4CC5CCC4C5)cc3)c3ccccc3-c3ccccc3C3CCCCC3)cc21. The number of anilines is 3. The molecule has 0 saturated heterocycles. The third-order valence-electron chi connectivity index (χ3n) is 13.8. The Labute approximate surface area is 316 Å². The molecule has 4 aliphatic rings. The zero-order valence-corrected chi connectivity index (χ0v) is 31.4. The topological polar surface area (TPSA) is 3.24 Å². The number of fused-ring (bicyclic) bond motifs is 5. The zero-order valence-electron chi connectivity index (χ0n) is 31.4. The molecule has 10 rings (SSSR count). The van der Waals surface area contributed by atoms with Gasteiger partial charge < -0.3 is 4.90 Å². The number of para-hydroxylation sites is 1. The first-order valence-electron chi connectivity index (χ1n) is 20.5. The largest absolute Gasteiger partial charge is 0.310 e. The Hall–Kier alpha value is -4.88. The molecule has 1 nitrogen and oxygen atoms in total. The first-order chi connectivity index (χ1) is 26.0. The van der Waals surface area contributed by atoms with Crippen molar-refractivity contribution in [2.24, 2.45) is 11.8 Å². The van der Waals surface area contributed by atoms with Crippen molar-refractivity contribution in [3.05, 3.63) is 162 Å². The maximum absolute atomic E-state index is 2.56. The molecule has 0 spiro atoms. The van der Waals surface area contributed by atoms with E-state index in [0.29, 0.717) is 5.92 Å². The van der Waals surface area contributed by atoms with Gasteiger partial charge in [-0.05, 0) is 142 Å². The maximum atomic E-state index is 2.56. The molecule has 0 radical (unpaired) electrons. The Balaban J connectivity index is 1.10. The van der Waals surface area contributed by atoms with Gasteiger partial charge in [-0.15, -0.1) is 0 Å². The Bertz CT molecular complexity index is 2270. The van der Waals surface area contributed by atoms with Crippen LogP contribution in [-0.2, 0) is 5.41 Å². The molecule has 264 valence electrons. The fraction of sp³-hybridized carbons (Fsp3) is 0.308. The predicted octanol–water partition coefficient (Wildman–Crippen LogP) is 14.7. The molecule has 0 heterocycles. The minimum absolute atomic E-state index is 0.129. The van der Waals surface area contributed by atoms with Crippen LogP contribution < -0.4 is 4.90 Å². The summed E-state index contributed by atoms with van der Waals surface area (Å²) < 4.78 is 0. The van der Waals surface area contributed by atoms with Crippen molar-refractivity contribution in [1.82, 2.24) is 0 Å². The van der Waals surface area contributed by atoms with Gasteiger partial charge in [-0.2, -0.15) is 0 Å². The summed E-state index contributed by atoms with van der Waals surface area (Å²) in [4.78, 5) is 2.56. The summed E-state index contributed by atoms with van der Waals surface area (Å²) in [6.07, 6.45) is 12.3. The van der Waals surface area contributed by atoms with E-state index in [1.54, 1.807) is 0 Å². The van der Waals surface area contributed by atoms with E-state index in [-0.39, 0.29) is 5.41 Å². The highest BCUT2D eigenvalue weighted by molar-refractivity contribution is 5.91. The summed E-state index contributed by atoms with van der Waals surface area (Å²) in [6.45, 7) is 4.83. The van der Waals surface area contributed by atoms with Crippen molar-refractivity contribution in [3.63, 3.8) is 0 Å². The molecule has 0 aromatic heterocycles. The van der Waals surface area contributed by atoms with Crippen LogP contribution in [0.4, 0.5) is 17.1 Å². The van der Waals surface area contributed by atoms with Gasteiger partial charge in [0, 0.05) is 22.4 Å². The monoisotopic (exact) mass is 689 g/mol. The average molecular weight is 690 g/mol. The normalized spacial score (nSPS) is 21.4. The zero-order chi connectivity index (χ0) is 35.5. The number of hydrogen-bond donors (Lipinski definition) is 0. The van der Waals surface area contributed by atoms with Crippen LogP contribution in [-0.4, -0.2) is 0 Å². The number of hydrogen-bond acceptors (Lipinski definition) is 1. The van der Waals surface area contributed by atoms with Gasteiger partial charge in [-0.1, -0.05) is 143 Å². The van der Waals surface area contributed by atoms with E-state index < -0.39 is 0 Å². The number of benzene rings is 6. The summed E-state index contributed by atoms with van der Waals surface area (Å²) in [5, 5.41) is 0. The van der Waals surface area contributed by atoms with Crippen LogP contribution in [0.5, 0.6) is 0 Å². The van der Waals surface area contributed by atoms with Crippen molar-refractivity contribution in [2.75, 3.05) is 4.90 Å². The molecule has 0 amide bonds. The second kappa shape index (κ2) is 13.2. The standard InChI is InChI=1S/C52H51N/c1-52(2)49-33-39(36-13-5-3-6-14-36)25-29-45(49)46-30-28-42(34-50(46)52)53(41-26-23-38(24-27-41)48-32-35-21-22-40(48)31-35)51-20-12-11-19-47(51)44-18-10-9-17-43(44)37-15-7-4-8-16-37/h3,5-6,9-14,17-20,23-30,33-35,37,40,48H,4,7-8,15-16,21-22,31-32H2,1-2H3. The van der Waals surface area contributed by atoms with Gasteiger partial charge in [0.05, 0.1) is 5.69 Å². The highest BCUT2D eigenvalue weighted by atomic mass is 15.1. The quantitative estimate of drug-likeness (QED) is 0.161.